The smallest absolute Gasteiger partial charge is 0.306 e. The van der Waals surface area contributed by atoms with Crippen LogP contribution < -0.4 is 10.9 Å². The van der Waals surface area contributed by atoms with Crippen molar-refractivity contribution in [3.05, 3.63) is 74.3 Å². The van der Waals surface area contributed by atoms with Gasteiger partial charge in [0.1, 0.15) is 11.5 Å². The van der Waals surface area contributed by atoms with E-state index in [9.17, 15) is 24.5 Å². The Morgan fingerprint density at radius 2 is 2.00 bits per heavy atom. The summed E-state index contributed by atoms with van der Waals surface area (Å²) in [5, 5.41) is 13.9. The first-order valence-electron chi connectivity index (χ1n) is 9.02. The quantitative estimate of drug-likeness (QED) is 0.345. The minimum Gasteiger partial charge on any atom is -0.456 e. The molecule has 10 nitrogen and oxygen atoms in total. The zero-order valence-corrected chi connectivity index (χ0v) is 16.0. The van der Waals surface area contributed by atoms with Crippen LogP contribution in [-0.4, -0.2) is 33.4 Å². The van der Waals surface area contributed by atoms with Gasteiger partial charge in [-0.25, -0.2) is 4.98 Å². The van der Waals surface area contributed by atoms with Crippen LogP contribution in [0.4, 0.5) is 11.4 Å². The number of nitro benzene ring substituents is 1. The molecule has 3 aromatic rings. The van der Waals surface area contributed by atoms with Crippen molar-refractivity contribution in [2.75, 3.05) is 11.9 Å². The number of nitro groups is 1. The van der Waals surface area contributed by atoms with Crippen LogP contribution in [0.15, 0.2) is 47.3 Å². The molecule has 0 fully saturated rings. The molecule has 10 heteroatoms. The van der Waals surface area contributed by atoms with Crippen molar-refractivity contribution in [1.82, 2.24) is 9.97 Å². The summed E-state index contributed by atoms with van der Waals surface area (Å²) in [6.07, 6.45) is 0.0310. The summed E-state index contributed by atoms with van der Waals surface area (Å²) in [5.41, 5.74) is 0.656. The molecule has 0 aliphatic rings. The lowest BCUT2D eigenvalue weighted by atomic mass is 10.2. The van der Waals surface area contributed by atoms with Crippen molar-refractivity contribution in [3.8, 4) is 0 Å². The molecule has 0 bridgehead atoms. The molecular formula is C20H18N4O6. The molecule has 0 atom stereocenters. The second-order valence-corrected chi connectivity index (χ2v) is 6.52. The van der Waals surface area contributed by atoms with Crippen LogP contribution in [0.1, 0.15) is 17.8 Å². The molecular weight excluding hydrogens is 392 g/mol. The van der Waals surface area contributed by atoms with E-state index in [0.717, 1.165) is 0 Å². The molecule has 2 N–H and O–H groups in total. The van der Waals surface area contributed by atoms with Gasteiger partial charge in [0.2, 0.25) is 0 Å². The number of aromatic amines is 1. The van der Waals surface area contributed by atoms with Crippen molar-refractivity contribution in [2.24, 2.45) is 0 Å². The highest BCUT2D eigenvalue weighted by Crippen LogP contribution is 2.25. The molecule has 0 aliphatic heterocycles. The van der Waals surface area contributed by atoms with Crippen molar-refractivity contribution in [1.29, 1.82) is 0 Å². The Balaban J connectivity index is 1.53. The van der Waals surface area contributed by atoms with Crippen LogP contribution in [0.3, 0.4) is 0 Å². The van der Waals surface area contributed by atoms with E-state index in [-0.39, 0.29) is 29.8 Å². The average Bonchev–Trinajstić information content (AvgIpc) is 2.72. The van der Waals surface area contributed by atoms with Crippen molar-refractivity contribution in [2.45, 2.75) is 19.8 Å². The number of carbonyl (C=O) groups is 2. The maximum absolute atomic E-state index is 12.0. The number of amides is 1. The van der Waals surface area contributed by atoms with Gasteiger partial charge in [-0.15, -0.1) is 0 Å². The molecule has 154 valence electrons. The zero-order chi connectivity index (χ0) is 21.7. The van der Waals surface area contributed by atoms with Gasteiger partial charge in [-0.3, -0.25) is 24.5 Å². The largest absolute Gasteiger partial charge is 0.456 e. The fourth-order valence-corrected chi connectivity index (χ4v) is 2.78. The molecule has 0 saturated heterocycles. The number of nitrogens with zero attached hydrogens (tertiary/aromatic N) is 2. The van der Waals surface area contributed by atoms with Crippen molar-refractivity contribution >= 4 is 34.2 Å². The lowest BCUT2D eigenvalue weighted by molar-refractivity contribution is -0.384. The van der Waals surface area contributed by atoms with Crippen LogP contribution in [0, 0.1) is 17.0 Å². The first-order valence-corrected chi connectivity index (χ1v) is 9.02. The molecule has 0 spiro atoms. The number of carbonyl (C=O) groups excluding carboxylic acids is 2. The summed E-state index contributed by atoms with van der Waals surface area (Å²) in [6, 6.07) is 11.2. The topological polar surface area (TPSA) is 144 Å². The first-order chi connectivity index (χ1) is 14.3. The van der Waals surface area contributed by atoms with Gasteiger partial charge in [0.25, 0.3) is 17.2 Å². The number of hydrogen-bond acceptors (Lipinski definition) is 7. The standard InChI is InChI=1S/C20H18N4O6/c1-12-6-7-15(16(10-12)24(28)29)22-18(25)11-30-19(26)9-8-17-21-14-5-3-2-4-13(14)20(27)23-17/h2-7,10H,8-9,11H2,1H3,(H,22,25)(H,21,23,27). The summed E-state index contributed by atoms with van der Waals surface area (Å²) in [7, 11) is 0. The minimum atomic E-state index is -0.701. The highest BCUT2D eigenvalue weighted by Gasteiger charge is 2.17. The number of rotatable bonds is 7. The Morgan fingerprint density at radius 1 is 1.23 bits per heavy atom. The molecule has 3 rings (SSSR count). The van der Waals surface area contributed by atoms with Gasteiger partial charge in [0, 0.05) is 12.5 Å². The Bertz CT molecular complexity index is 1190. The molecule has 0 unspecified atom stereocenters. The molecule has 2 aromatic carbocycles. The van der Waals surface area contributed by atoms with E-state index in [1.165, 1.54) is 12.1 Å². The van der Waals surface area contributed by atoms with E-state index < -0.39 is 23.4 Å². The molecule has 1 heterocycles. The van der Waals surface area contributed by atoms with Gasteiger partial charge < -0.3 is 15.0 Å². The van der Waals surface area contributed by atoms with Crippen LogP contribution in [-0.2, 0) is 20.7 Å². The number of hydrogen-bond donors (Lipinski definition) is 2. The van der Waals surface area contributed by atoms with Gasteiger partial charge in [0.05, 0.1) is 22.2 Å². The molecule has 1 amide bonds. The number of nitrogens with one attached hydrogen (secondary N) is 2. The summed E-state index contributed by atoms with van der Waals surface area (Å²) < 4.78 is 4.90. The summed E-state index contributed by atoms with van der Waals surface area (Å²) in [5.74, 6) is -1.04. The third kappa shape index (κ3) is 5.04. The minimum absolute atomic E-state index is 0.0181. The maximum atomic E-state index is 12.0. The second-order valence-electron chi connectivity index (χ2n) is 6.52. The SMILES string of the molecule is Cc1ccc(NC(=O)COC(=O)CCc2nc3ccccc3c(=O)[nH]2)c([N+](=O)[O-])c1. The number of aromatic nitrogens is 2. The van der Waals surface area contributed by atoms with E-state index in [1.807, 2.05) is 0 Å². The molecule has 1 aromatic heterocycles. The number of anilines is 1. The van der Waals surface area contributed by atoms with Crippen molar-refractivity contribution < 1.29 is 19.2 Å². The summed E-state index contributed by atoms with van der Waals surface area (Å²) in [6.45, 7) is 1.10. The lowest BCUT2D eigenvalue weighted by Crippen LogP contribution is -2.22. The van der Waals surface area contributed by atoms with E-state index in [0.29, 0.717) is 22.3 Å². The Hall–Kier alpha value is -4.08. The van der Waals surface area contributed by atoms with Crippen molar-refractivity contribution in [3.63, 3.8) is 0 Å². The van der Waals surface area contributed by atoms with Crippen LogP contribution in [0.2, 0.25) is 0 Å². The monoisotopic (exact) mass is 410 g/mol. The molecule has 0 radical (unpaired) electrons. The average molecular weight is 410 g/mol. The van der Waals surface area contributed by atoms with Crippen LogP contribution in [0.25, 0.3) is 10.9 Å². The highest BCUT2D eigenvalue weighted by atomic mass is 16.6. The lowest BCUT2D eigenvalue weighted by Gasteiger charge is -2.08. The number of ether oxygens (including phenoxy) is 1. The van der Waals surface area contributed by atoms with E-state index >= 15 is 0 Å². The Morgan fingerprint density at radius 3 is 2.77 bits per heavy atom. The molecule has 30 heavy (non-hydrogen) atoms. The van der Waals surface area contributed by atoms with E-state index in [1.54, 1.807) is 37.3 Å². The normalized spacial score (nSPS) is 10.6. The number of benzene rings is 2. The summed E-state index contributed by atoms with van der Waals surface area (Å²) in [4.78, 5) is 53.3. The Kier molecular flexibility index (Phi) is 6.16. The van der Waals surface area contributed by atoms with Gasteiger partial charge in [-0.1, -0.05) is 18.2 Å². The predicted molar refractivity (Wildman–Crippen MR) is 108 cm³/mol. The number of H-pyrrole nitrogens is 1. The van der Waals surface area contributed by atoms with E-state index in [4.69, 9.17) is 4.74 Å². The highest BCUT2D eigenvalue weighted by molar-refractivity contribution is 5.94. The third-order valence-electron chi connectivity index (χ3n) is 4.22. The number of fused-ring (bicyclic) bond motifs is 1. The van der Waals surface area contributed by atoms with Crippen LogP contribution in [0.5, 0.6) is 0 Å². The third-order valence-corrected chi connectivity index (χ3v) is 4.22. The molecule has 0 aliphatic carbocycles. The number of para-hydroxylation sites is 1. The Labute approximate surface area is 170 Å². The van der Waals surface area contributed by atoms with Gasteiger partial charge >= 0.3 is 5.97 Å². The fraction of sp³-hybridized carbons (Fsp3) is 0.200. The fourth-order valence-electron chi connectivity index (χ4n) is 2.78. The number of esters is 1. The van der Waals surface area contributed by atoms with Crippen LogP contribution >= 0.6 is 0 Å². The van der Waals surface area contributed by atoms with Gasteiger partial charge in [-0.2, -0.15) is 0 Å². The van der Waals surface area contributed by atoms with E-state index in [2.05, 4.69) is 15.3 Å². The van der Waals surface area contributed by atoms with Gasteiger partial charge in [0.15, 0.2) is 6.61 Å². The molecule has 0 saturated carbocycles. The zero-order valence-electron chi connectivity index (χ0n) is 16.0. The predicted octanol–water partition coefficient (Wildman–Crippen LogP) is 2.25. The first kappa shape index (κ1) is 20.6. The van der Waals surface area contributed by atoms with Gasteiger partial charge in [-0.05, 0) is 30.7 Å². The number of aryl methyl sites for hydroxylation is 2. The summed E-state index contributed by atoms with van der Waals surface area (Å²) >= 11 is 0. The second kappa shape index (κ2) is 8.95. The maximum Gasteiger partial charge on any atom is 0.306 e.